The molecule has 138 valence electrons. The SMILES string of the molecule is COc1c([C@H]2CCCN2C[C@H](O)COCc2ccco2)c(C)nn1C. The van der Waals surface area contributed by atoms with Crippen LogP contribution < -0.4 is 4.74 Å². The zero-order chi connectivity index (χ0) is 17.8. The lowest BCUT2D eigenvalue weighted by Crippen LogP contribution is -2.34. The number of hydrogen-bond donors (Lipinski definition) is 1. The molecule has 25 heavy (non-hydrogen) atoms. The first-order valence-corrected chi connectivity index (χ1v) is 8.70. The second-order valence-corrected chi connectivity index (χ2v) is 6.53. The van der Waals surface area contributed by atoms with Crippen LogP contribution in [0, 0.1) is 6.92 Å². The second-order valence-electron chi connectivity index (χ2n) is 6.53. The number of β-amino-alcohol motifs (C(OH)–C–C–N with tert-alkyl or cyclic N) is 1. The molecule has 3 heterocycles. The van der Waals surface area contributed by atoms with Crippen molar-refractivity contribution in [1.82, 2.24) is 14.7 Å². The number of nitrogens with zero attached hydrogens (tertiary/aromatic N) is 3. The summed E-state index contributed by atoms with van der Waals surface area (Å²) in [4.78, 5) is 2.30. The van der Waals surface area contributed by atoms with E-state index in [-0.39, 0.29) is 12.6 Å². The van der Waals surface area contributed by atoms with Crippen LogP contribution in [0.2, 0.25) is 0 Å². The summed E-state index contributed by atoms with van der Waals surface area (Å²) in [5.74, 6) is 1.57. The van der Waals surface area contributed by atoms with Gasteiger partial charge in [0.05, 0.1) is 37.3 Å². The van der Waals surface area contributed by atoms with Gasteiger partial charge in [-0.2, -0.15) is 5.10 Å². The molecule has 0 amide bonds. The molecule has 0 aliphatic carbocycles. The van der Waals surface area contributed by atoms with Crippen molar-refractivity contribution in [3.05, 3.63) is 35.4 Å². The third-order valence-electron chi connectivity index (χ3n) is 4.68. The number of furan rings is 1. The summed E-state index contributed by atoms with van der Waals surface area (Å²) in [6, 6.07) is 3.91. The average molecular weight is 349 g/mol. The lowest BCUT2D eigenvalue weighted by molar-refractivity contribution is 0.00293. The maximum absolute atomic E-state index is 10.4. The van der Waals surface area contributed by atoms with Crippen molar-refractivity contribution in [3.63, 3.8) is 0 Å². The van der Waals surface area contributed by atoms with Gasteiger partial charge >= 0.3 is 0 Å². The van der Waals surface area contributed by atoms with E-state index < -0.39 is 6.10 Å². The standard InChI is InChI=1S/C18H27N3O4/c1-13-17(18(23-3)20(2)19-13)16-7-4-8-21(16)10-14(22)11-24-12-15-6-5-9-25-15/h5-6,9,14,16,22H,4,7-8,10-12H2,1-3H3/t14-,16+/m0/s1. The highest BCUT2D eigenvalue weighted by molar-refractivity contribution is 5.35. The topological polar surface area (TPSA) is 72.9 Å². The van der Waals surface area contributed by atoms with Gasteiger partial charge in [0.2, 0.25) is 5.88 Å². The summed E-state index contributed by atoms with van der Waals surface area (Å²) in [5.41, 5.74) is 2.12. The van der Waals surface area contributed by atoms with E-state index in [9.17, 15) is 5.11 Å². The van der Waals surface area contributed by atoms with Crippen molar-refractivity contribution in [3.8, 4) is 5.88 Å². The van der Waals surface area contributed by atoms with Gasteiger partial charge in [0.25, 0.3) is 0 Å². The average Bonchev–Trinajstić information content (AvgIpc) is 3.28. The third-order valence-corrected chi connectivity index (χ3v) is 4.68. The molecule has 1 aliphatic rings. The van der Waals surface area contributed by atoms with Gasteiger partial charge in [-0.05, 0) is 38.4 Å². The van der Waals surface area contributed by atoms with E-state index in [0.717, 1.165) is 42.3 Å². The fraction of sp³-hybridized carbons (Fsp3) is 0.611. The van der Waals surface area contributed by atoms with Gasteiger partial charge < -0.3 is 19.0 Å². The smallest absolute Gasteiger partial charge is 0.216 e. The van der Waals surface area contributed by atoms with Gasteiger partial charge in [0, 0.05) is 19.6 Å². The molecule has 0 unspecified atom stereocenters. The normalized spacial score (nSPS) is 19.4. The maximum Gasteiger partial charge on any atom is 0.216 e. The van der Waals surface area contributed by atoms with E-state index in [4.69, 9.17) is 13.9 Å². The minimum absolute atomic E-state index is 0.225. The first-order valence-electron chi connectivity index (χ1n) is 8.70. The van der Waals surface area contributed by atoms with Crippen LogP contribution in [-0.4, -0.2) is 52.7 Å². The van der Waals surface area contributed by atoms with Gasteiger partial charge in [0.1, 0.15) is 12.4 Å². The highest BCUT2D eigenvalue weighted by atomic mass is 16.5. The van der Waals surface area contributed by atoms with Crippen LogP contribution in [0.15, 0.2) is 22.8 Å². The molecule has 2 atom stereocenters. The third kappa shape index (κ3) is 4.05. The quantitative estimate of drug-likeness (QED) is 0.786. The number of ether oxygens (including phenoxy) is 2. The van der Waals surface area contributed by atoms with Gasteiger partial charge in [-0.1, -0.05) is 0 Å². The maximum atomic E-state index is 10.4. The van der Waals surface area contributed by atoms with Crippen LogP contribution in [0.5, 0.6) is 5.88 Å². The fourth-order valence-corrected chi connectivity index (χ4v) is 3.66. The van der Waals surface area contributed by atoms with Crippen molar-refractivity contribution >= 4 is 0 Å². The molecule has 3 rings (SSSR count). The zero-order valence-corrected chi connectivity index (χ0v) is 15.1. The number of likely N-dealkylation sites (tertiary alicyclic amines) is 1. The lowest BCUT2D eigenvalue weighted by atomic mass is 10.0. The van der Waals surface area contributed by atoms with E-state index in [2.05, 4.69) is 10.00 Å². The number of aryl methyl sites for hydroxylation is 2. The summed E-state index contributed by atoms with van der Waals surface area (Å²) in [6.07, 6.45) is 3.22. The fourth-order valence-electron chi connectivity index (χ4n) is 3.66. The Morgan fingerprint density at radius 2 is 2.32 bits per heavy atom. The van der Waals surface area contributed by atoms with Crippen molar-refractivity contribution in [2.45, 2.75) is 38.5 Å². The van der Waals surface area contributed by atoms with Crippen LogP contribution in [0.1, 0.15) is 35.9 Å². The molecule has 7 heteroatoms. The molecule has 0 bridgehead atoms. The number of aliphatic hydroxyl groups is 1. The van der Waals surface area contributed by atoms with Crippen molar-refractivity contribution in [1.29, 1.82) is 0 Å². The monoisotopic (exact) mass is 349 g/mol. The first-order chi connectivity index (χ1) is 12.1. The molecular weight excluding hydrogens is 322 g/mol. The van der Waals surface area contributed by atoms with E-state index in [0.29, 0.717) is 13.2 Å². The first kappa shape index (κ1) is 18.0. The Kier molecular flexibility index (Phi) is 5.78. The highest BCUT2D eigenvalue weighted by Crippen LogP contribution is 2.38. The number of hydrogen-bond acceptors (Lipinski definition) is 6. The summed E-state index contributed by atoms with van der Waals surface area (Å²) in [6.45, 7) is 4.20. The van der Waals surface area contributed by atoms with E-state index in [1.54, 1.807) is 18.1 Å². The van der Waals surface area contributed by atoms with E-state index >= 15 is 0 Å². The molecule has 2 aromatic heterocycles. The van der Waals surface area contributed by atoms with E-state index in [1.165, 1.54) is 0 Å². The molecule has 2 aromatic rings. The Balaban J connectivity index is 1.58. The van der Waals surface area contributed by atoms with Gasteiger partial charge in [-0.3, -0.25) is 4.90 Å². The molecule has 1 saturated heterocycles. The Morgan fingerprint density at radius 3 is 3.04 bits per heavy atom. The van der Waals surface area contributed by atoms with Gasteiger partial charge in [-0.15, -0.1) is 0 Å². The summed E-state index contributed by atoms with van der Waals surface area (Å²) in [7, 11) is 3.57. The van der Waals surface area contributed by atoms with Crippen LogP contribution in [-0.2, 0) is 18.4 Å². The number of rotatable bonds is 8. The Labute approximate surface area is 148 Å². The summed E-state index contributed by atoms with van der Waals surface area (Å²) < 4.78 is 18.1. The molecule has 0 aromatic carbocycles. The molecule has 1 fully saturated rings. The Hall–Kier alpha value is -1.83. The second kappa shape index (κ2) is 8.03. The summed E-state index contributed by atoms with van der Waals surface area (Å²) in [5, 5.41) is 14.8. The predicted molar refractivity (Wildman–Crippen MR) is 92.4 cm³/mol. The van der Waals surface area contributed by atoms with Crippen molar-refractivity contribution < 1.29 is 19.0 Å². The van der Waals surface area contributed by atoms with Crippen LogP contribution in [0.3, 0.4) is 0 Å². The highest BCUT2D eigenvalue weighted by Gasteiger charge is 2.33. The Morgan fingerprint density at radius 1 is 1.48 bits per heavy atom. The van der Waals surface area contributed by atoms with Crippen LogP contribution in [0.4, 0.5) is 0 Å². The number of aromatic nitrogens is 2. The summed E-state index contributed by atoms with van der Waals surface area (Å²) >= 11 is 0. The van der Waals surface area contributed by atoms with Crippen LogP contribution >= 0.6 is 0 Å². The minimum Gasteiger partial charge on any atom is -0.481 e. The van der Waals surface area contributed by atoms with Crippen molar-refractivity contribution in [2.75, 3.05) is 26.8 Å². The molecule has 7 nitrogen and oxygen atoms in total. The van der Waals surface area contributed by atoms with E-state index in [1.807, 2.05) is 26.1 Å². The van der Waals surface area contributed by atoms with Gasteiger partial charge in [0.15, 0.2) is 0 Å². The molecule has 1 aliphatic heterocycles. The number of methoxy groups -OCH3 is 1. The molecule has 0 radical (unpaired) electrons. The lowest BCUT2D eigenvalue weighted by Gasteiger charge is -2.27. The Bertz CT molecular complexity index is 668. The van der Waals surface area contributed by atoms with Crippen molar-refractivity contribution in [2.24, 2.45) is 7.05 Å². The van der Waals surface area contributed by atoms with Gasteiger partial charge in [-0.25, -0.2) is 4.68 Å². The molecule has 1 N–H and O–H groups in total. The molecular formula is C18H27N3O4. The minimum atomic E-state index is -0.543. The molecule has 0 saturated carbocycles. The zero-order valence-electron chi connectivity index (χ0n) is 15.1. The predicted octanol–water partition coefficient (Wildman–Crippen LogP) is 2.04. The van der Waals surface area contributed by atoms with Crippen LogP contribution in [0.25, 0.3) is 0 Å². The number of aliphatic hydroxyl groups excluding tert-OH is 1. The largest absolute Gasteiger partial charge is 0.481 e. The molecule has 0 spiro atoms.